The molecular formula is C32H40N6. The van der Waals surface area contributed by atoms with E-state index in [2.05, 4.69) is 103 Å². The molecule has 3 N–H and O–H groups in total. The molecule has 2 aliphatic heterocycles. The molecule has 5 rings (SSSR count). The van der Waals surface area contributed by atoms with Gasteiger partial charge in [-0.2, -0.15) is 0 Å². The van der Waals surface area contributed by atoms with Gasteiger partial charge in [-0.25, -0.2) is 4.98 Å². The summed E-state index contributed by atoms with van der Waals surface area (Å²) in [7, 11) is 0. The van der Waals surface area contributed by atoms with E-state index < -0.39 is 0 Å². The average molecular weight is 509 g/mol. The van der Waals surface area contributed by atoms with Gasteiger partial charge in [-0.1, -0.05) is 20.1 Å². The molecule has 38 heavy (non-hydrogen) atoms. The number of nitrogens with one attached hydrogen (secondary N) is 3. The van der Waals surface area contributed by atoms with Crippen molar-refractivity contribution in [2.45, 2.75) is 40.7 Å². The number of hydrogen-bond acceptors (Lipinski definition) is 5. The highest BCUT2D eigenvalue weighted by Crippen LogP contribution is 2.34. The molecule has 0 radical (unpaired) electrons. The number of aromatic nitrogens is 2. The van der Waals surface area contributed by atoms with Crippen LogP contribution in [0, 0.1) is 6.92 Å². The Kier molecular flexibility index (Phi) is 7.43. The molecule has 0 bridgehead atoms. The highest BCUT2D eigenvalue weighted by atomic mass is 15.2. The molecule has 0 amide bonds. The van der Waals surface area contributed by atoms with Crippen molar-refractivity contribution in [2.75, 3.05) is 37.6 Å². The Morgan fingerprint density at radius 3 is 2.58 bits per heavy atom. The zero-order chi connectivity index (χ0) is 26.8. The van der Waals surface area contributed by atoms with Crippen molar-refractivity contribution in [3.63, 3.8) is 0 Å². The van der Waals surface area contributed by atoms with Gasteiger partial charge in [-0.05, 0) is 79.8 Å². The maximum absolute atomic E-state index is 4.84. The largest absolute Gasteiger partial charge is 0.381 e. The molecule has 198 valence electrons. The van der Waals surface area contributed by atoms with Crippen LogP contribution in [0.2, 0.25) is 0 Å². The lowest BCUT2D eigenvalue weighted by Crippen LogP contribution is -2.43. The minimum atomic E-state index is 0.668. The SMILES string of the molecule is C=C1NC(C)=CC(C)=C1CNC(=C)c1cc(-c2ccc(N3CCNCC3)nc2)cc2c1c(C)cn2CCC. The third-order valence-corrected chi connectivity index (χ3v) is 7.58. The minimum Gasteiger partial charge on any atom is -0.381 e. The second-order valence-corrected chi connectivity index (χ2v) is 10.5. The van der Waals surface area contributed by atoms with Crippen LogP contribution in [0.15, 0.2) is 78.4 Å². The molecule has 1 saturated heterocycles. The van der Waals surface area contributed by atoms with Gasteiger partial charge in [0.05, 0.1) is 0 Å². The van der Waals surface area contributed by atoms with Crippen molar-refractivity contribution in [2.24, 2.45) is 0 Å². The molecule has 0 saturated carbocycles. The first-order chi connectivity index (χ1) is 18.4. The van der Waals surface area contributed by atoms with Gasteiger partial charge in [0.15, 0.2) is 0 Å². The fourth-order valence-corrected chi connectivity index (χ4v) is 5.64. The molecule has 1 fully saturated rings. The number of rotatable bonds is 8. The summed E-state index contributed by atoms with van der Waals surface area (Å²) >= 11 is 0. The first-order valence-electron chi connectivity index (χ1n) is 13.7. The van der Waals surface area contributed by atoms with E-state index in [9.17, 15) is 0 Å². The van der Waals surface area contributed by atoms with Crippen molar-refractivity contribution in [3.8, 4) is 11.1 Å². The summed E-state index contributed by atoms with van der Waals surface area (Å²) < 4.78 is 2.38. The van der Waals surface area contributed by atoms with Crippen molar-refractivity contribution < 1.29 is 0 Å². The highest BCUT2D eigenvalue weighted by Gasteiger charge is 2.18. The van der Waals surface area contributed by atoms with Crippen molar-refractivity contribution >= 4 is 22.4 Å². The summed E-state index contributed by atoms with van der Waals surface area (Å²) in [4.78, 5) is 7.19. The fourth-order valence-electron chi connectivity index (χ4n) is 5.64. The summed E-state index contributed by atoms with van der Waals surface area (Å²) in [6.07, 6.45) is 7.53. The molecule has 6 heteroatoms. The number of hydrogen-bond donors (Lipinski definition) is 3. The van der Waals surface area contributed by atoms with Crippen LogP contribution in [0.25, 0.3) is 27.7 Å². The predicted molar refractivity (Wildman–Crippen MR) is 161 cm³/mol. The Morgan fingerprint density at radius 2 is 1.89 bits per heavy atom. The highest BCUT2D eigenvalue weighted by molar-refractivity contribution is 5.97. The van der Waals surface area contributed by atoms with Gasteiger partial charge in [0.2, 0.25) is 0 Å². The topological polar surface area (TPSA) is 57.1 Å². The number of benzene rings is 1. The van der Waals surface area contributed by atoms with E-state index in [0.717, 1.165) is 78.7 Å². The number of aryl methyl sites for hydroxylation is 2. The van der Waals surface area contributed by atoms with Gasteiger partial charge in [-0.15, -0.1) is 0 Å². The summed E-state index contributed by atoms with van der Waals surface area (Å²) in [6.45, 7) is 23.0. The Morgan fingerprint density at radius 1 is 1.11 bits per heavy atom. The van der Waals surface area contributed by atoms with Crippen molar-refractivity contribution in [3.05, 3.63) is 89.6 Å². The van der Waals surface area contributed by atoms with E-state index in [0.29, 0.717) is 6.54 Å². The van der Waals surface area contributed by atoms with Crippen LogP contribution in [0.5, 0.6) is 0 Å². The van der Waals surface area contributed by atoms with Gasteiger partial charge < -0.3 is 25.4 Å². The fraction of sp³-hybridized carbons (Fsp3) is 0.344. The van der Waals surface area contributed by atoms with Crippen LogP contribution >= 0.6 is 0 Å². The number of allylic oxidation sites excluding steroid dienone is 3. The van der Waals surface area contributed by atoms with Gasteiger partial charge in [0.25, 0.3) is 0 Å². The number of piperazine rings is 1. The minimum absolute atomic E-state index is 0.668. The molecule has 0 aliphatic carbocycles. The van der Waals surface area contributed by atoms with E-state index in [1.807, 2.05) is 6.20 Å². The molecule has 6 nitrogen and oxygen atoms in total. The van der Waals surface area contributed by atoms with Gasteiger partial charge >= 0.3 is 0 Å². The van der Waals surface area contributed by atoms with Crippen LogP contribution in [0.4, 0.5) is 5.82 Å². The van der Waals surface area contributed by atoms with Crippen LogP contribution < -0.4 is 20.9 Å². The predicted octanol–water partition coefficient (Wildman–Crippen LogP) is 5.73. The third kappa shape index (κ3) is 5.14. The molecule has 2 aromatic heterocycles. The molecule has 2 aliphatic rings. The number of dihydropyridines is 1. The summed E-state index contributed by atoms with van der Waals surface area (Å²) in [5, 5.41) is 11.6. The van der Waals surface area contributed by atoms with Crippen molar-refractivity contribution in [1.29, 1.82) is 0 Å². The monoisotopic (exact) mass is 508 g/mol. The Balaban J connectivity index is 1.50. The Hall–Kier alpha value is -3.77. The zero-order valence-corrected chi connectivity index (χ0v) is 23.2. The Labute approximate surface area is 226 Å². The lowest BCUT2D eigenvalue weighted by atomic mass is 9.97. The number of fused-ring (bicyclic) bond motifs is 1. The summed E-state index contributed by atoms with van der Waals surface area (Å²) in [5.74, 6) is 1.04. The first-order valence-corrected chi connectivity index (χ1v) is 13.7. The molecular weight excluding hydrogens is 468 g/mol. The average Bonchev–Trinajstić information content (AvgIpc) is 3.23. The molecule has 0 spiro atoms. The van der Waals surface area contributed by atoms with E-state index in [1.165, 1.54) is 27.6 Å². The number of nitrogens with zero attached hydrogens (tertiary/aromatic N) is 3. The quantitative estimate of drug-likeness (QED) is 0.363. The molecule has 1 aromatic carbocycles. The van der Waals surface area contributed by atoms with E-state index in [4.69, 9.17) is 4.98 Å². The number of pyridine rings is 1. The molecule has 3 aromatic rings. The van der Waals surface area contributed by atoms with E-state index in [-0.39, 0.29) is 0 Å². The van der Waals surface area contributed by atoms with Crippen LogP contribution in [-0.2, 0) is 6.54 Å². The second kappa shape index (κ2) is 10.9. The smallest absolute Gasteiger partial charge is 0.128 e. The van der Waals surface area contributed by atoms with Gasteiger partial charge in [0.1, 0.15) is 5.82 Å². The first kappa shape index (κ1) is 25.9. The van der Waals surface area contributed by atoms with E-state index >= 15 is 0 Å². The maximum atomic E-state index is 4.84. The summed E-state index contributed by atoms with van der Waals surface area (Å²) in [5.41, 5.74) is 11.3. The lowest BCUT2D eigenvalue weighted by Gasteiger charge is -2.28. The summed E-state index contributed by atoms with van der Waals surface area (Å²) in [6, 6.07) is 8.93. The lowest BCUT2D eigenvalue weighted by molar-refractivity contribution is 0.585. The molecule has 0 unspecified atom stereocenters. The standard InChI is InChI=1S/C32H40N6/c1-7-12-38-20-22(3)32-28(24(5)34-19-29-21(2)15-23(4)36-25(29)6)16-27(17-30(32)38)26-8-9-31(35-18-26)37-13-10-33-11-14-37/h8-9,15-18,20,33-34,36H,5-7,10-14,19H2,1-4H3. The van der Waals surface area contributed by atoms with E-state index in [1.54, 1.807) is 0 Å². The zero-order valence-electron chi connectivity index (χ0n) is 23.2. The van der Waals surface area contributed by atoms with Crippen molar-refractivity contribution in [1.82, 2.24) is 25.5 Å². The second-order valence-electron chi connectivity index (χ2n) is 10.5. The van der Waals surface area contributed by atoms with Crippen LogP contribution in [0.3, 0.4) is 0 Å². The Bertz CT molecular complexity index is 1430. The van der Waals surface area contributed by atoms with Gasteiger partial charge in [-0.3, -0.25) is 0 Å². The molecule has 4 heterocycles. The van der Waals surface area contributed by atoms with Crippen LogP contribution in [0.1, 0.15) is 38.3 Å². The normalized spacial score (nSPS) is 16.1. The van der Waals surface area contributed by atoms with Crippen LogP contribution in [-0.4, -0.2) is 42.3 Å². The maximum Gasteiger partial charge on any atom is 0.128 e. The van der Waals surface area contributed by atoms with Gasteiger partial charge in [0, 0.05) is 90.8 Å². The number of anilines is 1. The molecule has 0 atom stereocenters. The third-order valence-electron chi connectivity index (χ3n) is 7.58.